The van der Waals surface area contributed by atoms with E-state index in [0.717, 1.165) is 37.4 Å². The lowest BCUT2D eigenvalue weighted by atomic mass is 10.0. The molecule has 1 aromatic heterocycles. The minimum atomic E-state index is 0.629. The molecular formula is C12H19N3. The number of aromatic nitrogens is 2. The zero-order chi connectivity index (χ0) is 10.8. The van der Waals surface area contributed by atoms with Gasteiger partial charge in [-0.25, -0.2) is 9.97 Å². The Hall–Kier alpha value is -0.960. The van der Waals surface area contributed by atoms with Crippen molar-refractivity contribution < 1.29 is 0 Å². The highest BCUT2D eigenvalue weighted by Crippen LogP contribution is 2.16. The second-order valence-electron chi connectivity index (χ2n) is 4.68. The molecule has 3 nitrogen and oxygen atoms in total. The molecule has 0 fully saturated rings. The predicted molar refractivity (Wildman–Crippen MR) is 60.7 cm³/mol. The van der Waals surface area contributed by atoms with Crippen LogP contribution in [-0.2, 0) is 19.4 Å². The van der Waals surface area contributed by atoms with Crippen LogP contribution in [0.25, 0.3) is 0 Å². The van der Waals surface area contributed by atoms with Crippen molar-refractivity contribution in [3.05, 3.63) is 22.8 Å². The lowest BCUT2D eigenvalue weighted by Crippen LogP contribution is -2.26. The summed E-state index contributed by atoms with van der Waals surface area (Å²) in [6, 6.07) is 0. The molecule has 0 aromatic carbocycles. The SMILES string of the molecule is Cc1nc(CC(C)C)nc2c1CNCC2. The zero-order valence-electron chi connectivity index (χ0n) is 9.80. The van der Waals surface area contributed by atoms with Crippen molar-refractivity contribution in [2.45, 2.75) is 40.2 Å². The lowest BCUT2D eigenvalue weighted by Gasteiger charge is -2.19. The summed E-state index contributed by atoms with van der Waals surface area (Å²) >= 11 is 0. The molecule has 2 rings (SSSR count). The number of rotatable bonds is 2. The first kappa shape index (κ1) is 10.6. The highest BCUT2D eigenvalue weighted by molar-refractivity contribution is 5.27. The first-order chi connectivity index (χ1) is 7.16. The fourth-order valence-electron chi connectivity index (χ4n) is 2.03. The first-order valence-corrected chi connectivity index (χ1v) is 5.73. The van der Waals surface area contributed by atoms with E-state index in [1.54, 1.807) is 0 Å². The van der Waals surface area contributed by atoms with Crippen LogP contribution in [0.2, 0.25) is 0 Å². The van der Waals surface area contributed by atoms with Crippen molar-refractivity contribution in [3.8, 4) is 0 Å². The Balaban J connectivity index is 2.32. The molecule has 0 aliphatic carbocycles. The Morgan fingerprint density at radius 3 is 2.87 bits per heavy atom. The van der Waals surface area contributed by atoms with Crippen molar-refractivity contribution in [1.82, 2.24) is 15.3 Å². The maximum atomic E-state index is 4.66. The summed E-state index contributed by atoms with van der Waals surface area (Å²) in [6.07, 6.45) is 2.03. The Kier molecular flexibility index (Phi) is 3.00. The van der Waals surface area contributed by atoms with Crippen molar-refractivity contribution in [3.63, 3.8) is 0 Å². The molecular weight excluding hydrogens is 186 g/mol. The summed E-state index contributed by atoms with van der Waals surface area (Å²) in [5.74, 6) is 1.65. The number of aryl methyl sites for hydroxylation is 1. The molecule has 0 radical (unpaired) electrons. The van der Waals surface area contributed by atoms with Gasteiger partial charge >= 0.3 is 0 Å². The smallest absolute Gasteiger partial charge is 0.129 e. The van der Waals surface area contributed by atoms with Gasteiger partial charge < -0.3 is 5.32 Å². The van der Waals surface area contributed by atoms with Crippen LogP contribution in [0.4, 0.5) is 0 Å². The summed E-state index contributed by atoms with van der Waals surface area (Å²) in [5.41, 5.74) is 3.73. The number of hydrogen-bond donors (Lipinski definition) is 1. The molecule has 1 aromatic rings. The van der Waals surface area contributed by atoms with Crippen molar-refractivity contribution >= 4 is 0 Å². The van der Waals surface area contributed by atoms with E-state index in [2.05, 4.69) is 36.1 Å². The second kappa shape index (κ2) is 4.27. The minimum Gasteiger partial charge on any atom is -0.312 e. The molecule has 0 saturated heterocycles. The number of nitrogens with one attached hydrogen (secondary N) is 1. The molecule has 0 spiro atoms. The molecule has 3 heteroatoms. The Labute approximate surface area is 91.3 Å². The van der Waals surface area contributed by atoms with E-state index in [4.69, 9.17) is 0 Å². The first-order valence-electron chi connectivity index (χ1n) is 5.73. The number of fused-ring (bicyclic) bond motifs is 1. The van der Waals surface area contributed by atoms with E-state index < -0.39 is 0 Å². The van der Waals surface area contributed by atoms with Gasteiger partial charge in [-0.05, 0) is 12.8 Å². The average Bonchev–Trinajstić information content (AvgIpc) is 2.16. The summed E-state index contributed by atoms with van der Waals surface area (Å²) < 4.78 is 0. The molecule has 1 aliphatic heterocycles. The molecule has 2 heterocycles. The minimum absolute atomic E-state index is 0.629. The van der Waals surface area contributed by atoms with Gasteiger partial charge in [0.25, 0.3) is 0 Å². The monoisotopic (exact) mass is 205 g/mol. The fraction of sp³-hybridized carbons (Fsp3) is 0.667. The summed E-state index contributed by atoms with van der Waals surface area (Å²) in [7, 11) is 0. The van der Waals surface area contributed by atoms with Crippen LogP contribution >= 0.6 is 0 Å². The Morgan fingerprint density at radius 2 is 2.13 bits per heavy atom. The van der Waals surface area contributed by atoms with Crippen LogP contribution in [0, 0.1) is 12.8 Å². The number of nitrogens with zero attached hydrogens (tertiary/aromatic N) is 2. The van der Waals surface area contributed by atoms with Crippen LogP contribution in [-0.4, -0.2) is 16.5 Å². The molecule has 0 atom stereocenters. The maximum Gasteiger partial charge on any atom is 0.129 e. The predicted octanol–water partition coefficient (Wildman–Crippen LogP) is 1.63. The lowest BCUT2D eigenvalue weighted by molar-refractivity contribution is 0.586. The van der Waals surface area contributed by atoms with Gasteiger partial charge in [0.05, 0.1) is 5.69 Å². The standard InChI is InChI=1S/C12H19N3/c1-8(2)6-12-14-9(3)10-7-13-5-4-11(10)15-12/h8,13H,4-7H2,1-3H3. The van der Waals surface area contributed by atoms with Crippen molar-refractivity contribution in [1.29, 1.82) is 0 Å². The van der Waals surface area contributed by atoms with Crippen molar-refractivity contribution in [2.75, 3.05) is 6.54 Å². The highest BCUT2D eigenvalue weighted by Gasteiger charge is 2.15. The van der Waals surface area contributed by atoms with Gasteiger partial charge in [-0.15, -0.1) is 0 Å². The van der Waals surface area contributed by atoms with Crippen LogP contribution in [0.5, 0.6) is 0 Å². The Morgan fingerprint density at radius 1 is 1.33 bits per heavy atom. The third-order valence-electron chi connectivity index (χ3n) is 2.78. The van der Waals surface area contributed by atoms with Gasteiger partial charge in [-0.1, -0.05) is 13.8 Å². The topological polar surface area (TPSA) is 37.8 Å². The van der Waals surface area contributed by atoms with Gasteiger partial charge in [-0.2, -0.15) is 0 Å². The normalized spacial score (nSPS) is 15.5. The van der Waals surface area contributed by atoms with E-state index >= 15 is 0 Å². The quantitative estimate of drug-likeness (QED) is 0.797. The van der Waals surface area contributed by atoms with Crippen LogP contribution in [0.15, 0.2) is 0 Å². The van der Waals surface area contributed by atoms with E-state index in [-0.39, 0.29) is 0 Å². The van der Waals surface area contributed by atoms with Gasteiger partial charge in [0, 0.05) is 37.2 Å². The second-order valence-corrected chi connectivity index (χ2v) is 4.68. The number of hydrogen-bond acceptors (Lipinski definition) is 3. The van der Waals surface area contributed by atoms with E-state index in [0.29, 0.717) is 5.92 Å². The molecule has 1 N–H and O–H groups in total. The van der Waals surface area contributed by atoms with E-state index in [1.807, 2.05) is 0 Å². The fourth-order valence-corrected chi connectivity index (χ4v) is 2.03. The van der Waals surface area contributed by atoms with Crippen LogP contribution < -0.4 is 5.32 Å². The van der Waals surface area contributed by atoms with E-state index in [1.165, 1.54) is 11.3 Å². The highest BCUT2D eigenvalue weighted by atomic mass is 14.9. The molecule has 0 amide bonds. The molecule has 0 unspecified atom stereocenters. The molecule has 15 heavy (non-hydrogen) atoms. The van der Waals surface area contributed by atoms with Gasteiger partial charge in [0.15, 0.2) is 0 Å². The summed E-state index contributed by atoms with van der Waals surface area (Å²) in [4.78, 5) is 9.24. The average molecular weight is 205 g/mol. The molecule has 1 aliphatic rings. The zero-order valence-corrected chi connectivity index (χ0v) is 9.80. The third kappa shape index (κ3) is 2.34. The van der Waals surface area contributed by atoms with Crippen LogP contribution in [0.3, 0.4) is 0 Å². The van der Waals surface area contributed by atoms with E-state index in [9.17, 15) is 0 Å². The molecule has 82 valence electrons. The van der Waals surface area contributed by atoms with Gasteiger partial charge in [-0.3, -0.25) is 0 Å². The summed E-state index contributed by atoms with van der Waals surface area (Å²) in [6.45, 7) is 8.49. The van der Waals surface area contributed by atoms with Crippen molar-refractivity contribution in [2.24, 2.45) is 5.92 Å². The van der Waals surface area contributed by atoms with Crippen LogP contribution in [0.1, 0.15) is 36.6 Å². The van der Waals surface area contributed by atoms with Gasteiger partial charge in [0.2, 0.25) is 0 Å². The Bertz CT molecular complexity index is 358. The molecule has 0 bridgehead atoms. The van der Waals surface area contributed by atoms with Gasteiger partial charge in [0.1, 0.15) is 5.82 Å². The molecule has 0 saturated carbocycles. The maximum absolute atomic E-state index is 4.66. The summed E-state index contributed by atoms with van der Waals surface area (Å²) in [5, 5.41) is 3.36. The largest absolute Gasteiger partial charge is 0.312 e. The third-order valence-corrected chi connectivity index (χ3v) is 2.78.